The Morgan fingerprint density at radius 2 is 2.14 bits per heavy atom. The first-order valence-corrected chi connectivity index (χ1v) is 6.92. The standard InChI is InChI=1S/C16H21N3O2/c1-11(14-10-17-19(3)12(14)2)18-16(20)9-13-7-5-6-8-15(13)21-4/h5-8,10-11H,9H2,1-4H3,(H,18,20). The summed E-state index contributed by atoms with van der Waals surface area (Å²) >= 11 is 0. The molecular weight excluding hydrogens is 266 g/mol. The predicted octanol–water partition coefficient (Wildman–Crippen LogP) is 2.16. The molecule has 5 heteroatoms. The van der Waals surface area contributed by atoms with E-state index in [4.69, 9.17) is 4.74 Å². The van der Waals surface area contributed by atoms with Gasteiger partial charge in [0.25, 0.3) is 0 Å². The molecule has 21 heavy (non-hydrogen) atoms. The molecule has 0 bridgehead atoms. The highest BCUT2D eigenvalue weighted by Crippen LogP contribution is 2.19. The molecular formula is C16H21N3O2. The van der Waals surface area contributed by atoms with E-state index in [0.29, 0.717) is 6.42 Å². The minimum Gasteiger partial charge on any atom is -0.496 e. The van der Waals surface area contributed by atoms with E-state index >= 15 is 0 Å². The molecule has 0 radical (unpaired) electrons. The fourth-order valence-corrected chi connectivity index (χ4v) is 2.33. The van der Waals surface area contributed by atoms with Crippen molar-refractivity contribution >= 4 is 5.91 Å². The Morgan fingerprint density at radius 3 is 2.76 bits per heavy atom. The van der Waals surface area contributed by atoms with Crippen LogP contribution in [0.5, 0.6) is 5.75 Å². The van der Waals surface area contributed by atoms with Gasteiger partial charge < -0.3 is 10.1 Å². The summed E-state index contributed by atoms with van der Waals surface area (Å²) in [5.74, 6) is 0.702. The molecule has 112 valence electrons. The van der Waals surface area contributed by atoms with Crippen LogP contribution in [-0.2, 0) is 18.3 Å². The summed E-state index contributed by atoms with van der Waals surface area (Å²) in [7, 11) is 3.50. The molecule has 1 N–H and O–H groups in total. The summed E-state index contributed by atoms with van der Waals surface area (Å²) in [6, 6.07) is 7.48. The lowest BCUT2D eigenvalue weighted by Crippen LogP contribution is -2.28. The Labute approximate surface area is 124 Å². The van der Waals surface area contributed by atoms with Crippen molar-refractivity contribution in [2.45, 2.75) is 26.3 Å². The first-order valence-electron chi connectivity index (χ1n) is 6.92. The number of aromatic nitrogens is 2. The van der Waals surface area contributed by atoms with Crippen molar-refractivity contribution in [2.75, 3.05) is 7.11 Å². The van der Waals surface area contributed by atoms with E-state index in [9.17, 15) is 4.79 Å². The second-order valence-corrected chi connectivity index (χ2v) is 5.09. The number of aryl methyl sites for hydroxylation is 1. The second kappa shape index (κ2) is 6.43. The maximum Gasteiger partial charge on any atom is 0.225 e. The molecule has 1 heterocycles. The monoisotopic (exact) mass is 287 g/mol. The normalized spacial score (nSPS) is 12.0. The molecule has 1 aromatic heterocycles. The third-order valence-electron chi connectivity index (χ3n) is 3.66. The molecule has 0 aliphatic rings. The Bertz CT molecular complexity index is 634. The highest BCUT2D eigenvalue weighted by molar-refractivity contribution is 5.79. The van der Waals surface area contributed by atoms with Crippen molar-refractivity contribution in [2.24, 2.45) is 7.05 Å². The first-order chi connectivity index (χ1) is 10.0. The average molecular weight is 287 g/mol. The van der Waals surface area contributed by atoms with Gasteiger partial charge in [-0.15, -0.1) is 0 Å². The number of nitrogens with one attached hydrogen (secondary N) is 1. The highest BCUT2D eigenvalue weighted by Gasteiger charge is 2.15. The third kappa shape index (κ3) is 3.42. The van der Waals surface area contributed by atoms with E-state index in [2.05, 4.69) is 10.4 Å². The quantitative estimate of drug-likeness (QED) is 0.917. The van der Waals surface area contributed by atoms with E-state index < -0.39 is 0 Å². The molecule has 2 aromatic rings. The third-order valence-corrected chi connectivity index (χ3v) is 3.66. The van der Waals surface area contributed by atoms with Crippen LogP contribution in [0.3, 0.4) is 0 Å². The van der Waals surface area contributed by atoms with Crippen molar-refractivity contribution in [3.05, 3.63) is 47.3 Å². The lowest BCUT2D eigenvalue weighted by Gasteiger charge is -2.14. The second-order valence-electron chi connectivity index (χ2n) is 5.09. The van der Waals surface area contributed by atoms with Gasteiger partial charge in [-0.2, -0.15) is 5.10 Å². The van der Waals surface area contributed by atoms with Crippen LogP contribution in [0.1, 0.15) is 29.8 Å². The molecule has 1 atom stereocenters. The number of para-hydroxylation sites is 1. The van der Waals surface area contributed by atoms with Crippen LogP contribution >= 0.6 is 0 Å². The largest absolute Gasteiger partial charge is 0.496 e. The SMILES string of the molecule is COc1ccccc1CC(=O)NC(C)c1cnn(C)c1C. The molecule has 1 aromatic carbocycles. The van der Waals surface area contributed by atoms with Crippen molar-refractivity contribution in [3.63, 3.8) is 0 Å². The fraction of sp³-hybridized carbons (Fsp3) is 0.375. The number of carbonyl (C=O) groups excluding carboxylic acids is 1. The Kier molecular flexibility index (Phi) is 4.62. The van der Waals surface area contributed by atoms with E-state index in [-0.39, 0.29) is 11.9 Å². The molecule has 2 rings (SSSR count). The van der Waals surface area contributed by atoms with Crippen LogP contribution in [0.25, 0.3) is 0 Å². The number of amides is 1. The first kappa shape index (κ1) is 15.1. The van der Waals surface area contributed by atoms with Gasteiger partial charge in [0, 0.05) is 23.9 Å². The van der Waals surface area contributed by atoms with E-state index in [0.717, 1.165) is 22.6 Å². The number of ether oxygens (including phenoxy) is 1. The summed E-state index contributed by atoms with van der Waals surface area (Å²) < 4.78 is 7.07. The van der Waals surface area contributed by atoms with Gasteiger partial charge in [-0.1, -0.05) is 18.2 Å². The van der Waals surface area contributed by atoms with Crippen molar-refractivity contribution < 1.29 is 9.53 Å². The minimum atomic E-state index is -0.0686. The average Bonchev–Trinajstić information content (AvgIpc) is 2.79. The maximum atomic E-state index is 12.2. The Balaban J connectivity index is 2.03. The molecule has 0 saturated heterocycles. The lowest BCUT2D eigenvalue weighted by molar-refractivity contribution is -0.121. The van der Waals surface area contributed by atoms with Crippen LogP contribution in [0.15, 0.2) is 30.5 Å². The molecule has 0 spiro atoms. The van der Waals surface area contributed by atoms with Crippen molar-refractivity contribution in [3.8, 4) is 5.75 Å². The van der Waals surface area contributed by atoms with Gasteiger partial charge in [0.05, 0.1) is 25.8 Å². The van der Waals surface area contributed by atoms with Crippen molar-refractivity contribution in [1.82, 2.24) is 15.1 Å². The zero-order valence-electron chi connectivity index (χ0n) is 12.9. The number of benzene rings is 1. The topological polar surface area (TPSA) is 56.1 Å². The highest BCUT2D eigenvalue weighted by atomic mass is 16.5. The van der Waals surface area contributed by atoms with Gasteiger partial charge >= 0.3 is 0 Å². The predicted molar refractivity (Wildman–Crippen MR) is 81.2 cm³/mol. The van der Waals surface area contributed by atoms with Crippen LogP contribution < -0.4 is 10.1 Å². The number of methoxy groups -OCH3 is 1. The molecule has 0 aliphatic heterocycles. The molecule has 0 fully saturated rings. The van der Waals surface area contributed by atoms with Crippen LogP contribution in [-0.4, -0.2) is 22.8 Å². The van der Waals surface area contributed by atoms with Crippen molar-refractivity contribution in [1.29, 1.82) is 0 Å². The number of hydrogen-bond acceptors (Lipinski definition) is 3. The number of rotatable bonds is 5. The fourth-order valence-electron chi connectivity index (χ4n) is 2.33. The summed E-state index contributed by atoms with van der Waals surface area (Å²) in [6.07, 6.45) is 2.09. The van der Waals surface area contributed by atoms with Crippen LogP contribution in [0.2, 0.25) is 0 Å². The lowest BCUT2D eigenvalue weighted by atomic mass is 10.1. The van der Waals surface area contributed by atoms with Gasteiger partial charge in [0.15, 0.2) is 0 Å². The van der Waals surface area contributed by atoms with Gasteiger partial charge in [-0.25, -0.2) is 0 Å². The van der Waals surface area contributed by atoms with E-state index in [1.807, 2.05) is 45.2 Å². The summed E-state index contributed by atoms with van der Waals surface area (Å²) in [5.41, 5.74) is 2.97. The zero-order chi connectivity index (χ0) is 15.4. The molecule has 5 nitrogen and oxygen atoms in total. The Morgan fingerprint density at radius 1 is 1.43 bits per heavy atom. The molecule has 1 unspecified atom stereocenters. The smallest absolute Gasteiger partial charge is 0.225 e. The van der Waals surface area contributed by atoms with Gasteiger partial charge in [0.1, 0.15) is 5.75 Å². The molecule has 1 amide bonds. The van der Waals surface area contributed by atoms with Gasteiger partial charge in [-0.3, -0.25) is 9.48 Å². The zero-order valence-corrected chi connectivity index (χ0v) is 12.9. The summed E-state index contributed by atoms with van der Waals surface area (Å²) in [5, 5.41) is 7.20. The van der Waals surface area contributed by atoms with Crippen LogP contribution in [0.4, 0.5) is 0 Å². The Hall–Kier alpha value is -2.30. The maximum absolute atomic E-state index is 12.2. The number of hydrogen-bond donors (Lipinski definition) is 1. The van der Waals surface area contributed by atoms with E-state index in [1.165, 1.54) is 0 Å². The van der Waals surface area contributed by atoms with E-state index in [1.54, 1.807) is 18.0 Å². The number of carbonyl (C=O) groups is 1. The summed E-state index contributed by atoms with van der Waals surface area (Å²) in [4.78, 5) is 12.2. The minimum absolute atomic E-state index is 0.0322. The molecule has 0 saturated carbocycles. The summed E-state index contributed by atoms with van der Waals surface area (Å²) in [6.45, 7) is 3.95. The van der Waals surface area contributed by atoms with Crippen LogP contribution in [0, 0.1) is 6.92 Å². The van der Waals surface area contributed by atoms with Gasteiger partial charge in [-0.05, 0) is 19.9 Å². The van der Waals surface area contributed by atoms with Gasteiger partial charge in [0.2, 0.25) is 5.91 Å². The number of nitrogens with zero attached hydrogens (tertiary/aromatic N) is 2. The molecule has 0 aliphatic carbocycles.